The highest BCUT2D eigenvalue weighted by Crippen LogP contribution is 2.19. The summed E-state index contributed by atoms with van der Waals surface area (Å²) >= 11 is 0. The summed E-state index contributed by atoms with van der Waals surface area (Å²) in [6.45, 7) is 6.95. The van der Waals surface area contributed by atoms with Gasteiger partial charge in [-0.3, -0.25) is 4.90 Å². The normalized spacial score (nSPS) is 24.4. The van der Waals surface area contributed by atoms with Gasteiger partial charge in [-0.2, -0.15) is 5.26 Å². The minimum atomic E-state index is 0.0958. The molecule has 0 saturated carbocycles. The Labute approximate surface area is 102 Å². The summed E-state index contributed by atoms with van der Waals surface area (Å²) in [6, 6.07) is 6.43. The average molecular weight is 233 g/mol. The number of rotatable bonds is 3. The molecule has 1 aromatic heterocycles. The zero-order valence-corrected chi connectivity index (χ0v) is 10.4. The lowest BCUT2D eigenvalue weighted by Crippen LogP contribution is -2.61. The van der Waals surface area contributed by atoms with Crippen LogP contribution in [0.15, 0.2) is 22.8 Å². The van der Waals surface area contributed by atoms with Crippen molar-refractivity contribution in [3.05, 3.63) is 24.2 Å². The predicted molar refractivity (Wildman–Crippen MR) is 65.2 cm³/mol. The van der Waals surface area contributed by atoms with Crippen LogP contribution in [0.3, 0.4) is 0 Å². The summed E-state index contributed by atoms with van der Waals surface area (Å²) in [5, 5.41) is 12.3. The van der Waals surface area contributed by atoms with Crippen LogP contribution in [0.4, 0.5) is 0 Å². The highest BCUT2D eigenvalue weighted by Gasteiger charge is 2.32. The van der Waals surface area contributed by atoms with Crippen LogP contribution < -0.4 is 5.32 Å². The van der Waals surface area contributed by atoms with Gasteiger partial charge in [0.15, 0.2) is 0 Å². The van der Waals surface area contributed by atoms with Crippen molar-refractivity contribution in [3.8, 4) is 6.07 Å². The molecule has 0 amide bonds. The van der Waals surface area contributed by atoms with Crippen LogP contribution in [0.2, 0.25) is 0 Å². The fourth-order valence-electron chi connectivity index (χ4n) is 2.31. The van der Waals surface area contributed by atoms with Gasteiger partial charge in [-0.25, -0.2) is 0 Å². The van der Waals surface area contributed by atoms with Crippen LogP contribution in [0, 0.1) is 11.3 Å². The third kappa shape index (κ3) is 3.09. The summed E-state index contributed by atoms with van der Waals surface area (Å²) < 4.78 is 5.39. The standard InChI is InChI=1S/C13H19N3O/c1-13(2)10-16(9-12-4-3-7-17-12)11(5-6-14)8-15-13/h3-4,7,11,15H,5,8-10H2,1-2H3. The van der Waals surface area contributed by atoms with E-state index >= 15 is 0 Å². The molecule has 4 heteroatoms. The molecule has 1 aliphatic heterocycles. The van der Waals surface area contributed by atoms with Crippen LogP contribution in [0.1, 0.15) is 26.0 Å². The molecule has 0 spiro atoms. The largest absolute Gasteiger partial charge is 0.468 e. The zero-order valence-electron chi connectivity index (χ0n) is 10.4. The first-order valence-corrected chi connectivity index (χ1v) is 5.99. The van der Waals surface area contributed by atoms with Gasteiger partial charge in [0.25, 0.3) is 0 Å². The minimum absolute atomic E-state index is 0.0958. The molecule has 1 N–H and O–H groups in total. The van der Waals surface area contributed by atoms with Crippen LogP contribution in [-0.2, 0) is 6.54 Å². The molecule has 1 saturated heterocycles. The van der Waals surface area contributed by atoms with Crippen molar-refractivity contribution in [2.24, 2.45) is 0 Å². The van der Waals surface area contributed by atoms with E-state index in [-0.39, 0.29) is 11.6 Å². The molecular weight excluding hydrogens is 214 g/mol. The lowest BCUT2D eigenvalue weighted by atomic mass is 9.97. The summed E-state index contributed by atoms with van der Waals surface area (Å²) in [5.74, 6) is 0.964. The molecule has 1 fully saturated rings. The van der Waals surface area contributed by atoms with E-state index < -0.39 is 0 Å². The Morgan fingerprint density at radius 1 is 1.65 bits per heavy atom. The average Bonchev–Trinajstić information content (AvgIpc) is 2.74. The Kier molecular flexibility index (Phi) is 3.51. The number of nitriles is 1. The van der Waals surface area contributed by atoms with E-state index in [2.05, 4.69) is 30.1 Å². The molecule has 1 aromatic rings. The van der Waals surface area contributed by atoms with Gasteiger partial charge in [0, 0.05) is 24.7 Å². The molecule has 0 radical (unpaired) electrons. The van der Waals surface area contributed by atoms with Crippen LogP contribution in [0.25, 0.3) is 0 Å². The summed E-state index contributed by atoms with van der Waals surface area (Å²) in [6.07, 6.45) is 2.26. The van der Waals surface area contributed by atoms with E-state index in [1.165, 1.54) is 0 Å². The maximum Gasteiger partial charge on any atom is 0.117 e. The topological polar surface area (TPSA) is 52.2 Å². The molecule has 4 nitrogen and oxygen atoms in total. The molecule has 1 atom stereocenters. The first kappa shape index (κ1) is 12.2. The van der Waals surface area contributed by atoms with E-state index in [0.717, 1.165) is 25.4 Å². The molecule has 0 aliphatic carbocycles. The van der Waals surface area contributed by atoms with E-state index in [1.807, 2.05) is 12.1 Å². The van der Waals surface area contributed by atoms with Crippen molar-refractivity contribution >= 4 is 0 Å². The Bertz CT molecular complexity index is 391. The van der Waals surface area contributed by atoms with Crippen molar-refractivity contribution in [1.29, 1.82) is 5.26 Å². The smallest absolute Gasteiger partial charge is 0.117 e. The van der Waals surface area contributed by atoms with Gasteiger partial charge in [0.05, 0.1) is 25.3 Å². The Morgan fingerprint density at radius 2 is 2.47 bits per heavy atom. The molecule has 92 valence electrons. The molecule has 17 heavy (non-hydrogen) atoms. The van der Waals surface area contributed by atoms with Crippen molar-refractivity contribution in [2.45, 2.75) is 38.4 Å². The zero-order chi connectivity index (χ0) is 12.3. The van der Waals surface area contributed by atoms with Gasteiger partial charge in [-0.15, -0.1) is 0 Å². The number of nitrogens with one attached hydrogen (secondary N) is 1. The second-order valence-electron chi connectivity index (χ2n) is 5.27. The van der Waals surface area contributed by atoms with Crippen molar-refractivity contribution < 1.29 is 4.42 Å². The van der Waals surface area contributed by atoms with E-state index in [4.69, 9.17) is 9.68 Å². The second-order valence-corrected chi connectivity index (χ2v) is 5.27. The monoisotopic (exact) mass is 233 g/mol. The number of piperazine rings is 1. The Hall–Kier alpha value is -1.31. The Balaban J connectivity index is 2.06. The summed E-state index contributed by atoms with van der Waals surface area (Å²) in [7, 11) is 0. The van der Waals surface area contributed by atoms with Crippen molar-refractivity contribution in [2.75, 3.05) is 13.1 Å². The van der Waals surface area contributed by atoms with E-state index in [9.17, 15) is 0 Å². The van der Waals surface area contributed by atoms with Crippen molar-refractivity contribution in [1.82, 2.24) is 10.2 Å². The third-order valence-electron chi connectivity index (χ3n) is 3.20. The van der Waals surface area contributed by atoms with Gasteiger partial charge in [-0.05, 0) is 26.0 Å². The number of hydrogen-bond donors (Lipinski definition) is 1. The minimum Gasteiger partial charge on any atom is -0.468 e. The van der Waals surface area contributed by atoms with E-state index in [0.29, 0.717) is 6.42 Å². The van der Waals surface area contributed by atoms with Gasteiger partial charge in [0.2, 0.25) is 0 Å². The Morgan fingerprint density at radius 3 is 3.12 bits per heavy atom. The van der Waals surface area contributed by atoms with Gasteiger partial charge < -0.3 is 9.73 Å². The van der Waals surface area contributed by atoms with Crippen molar-refractivity contribution in [3.63, 3.8) is 0 Å². The molecular formula is C13H19N3O. The number of nitrogens with zero attached hydrogens (tertiary/aromatic N) is 2. The second kappa shape index (κ2) is 4.91. The van der Waals surface area contributed by atoms with Gasteiger partial charge >= 0.3 is 0 Å². The highest BCUT2D eigenvalue weighted by atomic mass is 16.3. The number of hydrogen-bond acceptors (Lipinski definition) is 4. The fourth-order valence-corrected chi connectivity index (χ4v) is 2.31. The quantitative estimate of drug-likeness (QED) is 0.864. The molecule has 0 aromatic carbocycles. The van der Waals surface area contributed by atoms with Crippen LogP contribution >= 0.6 is 0 Å². The highest BCUT2D eigenvalue weighted by molar-refractivity contribution is 5.02. The summed E-state index contributed by atoms with van der Waals surface area (Å²) in [5.41, 5.74) is 0.0958. The van der Waals surface area contributed by atoms with Gasteiger partial charge in [0.1, 0.15) is 5.76 Å². The molecule has 2 rings (SSSR count). The molecule has 2 heterocycles. The molecule has 0 bridgehead atoms. The molecule has 1 aliphatic rings. The van der Waals surface area contributed by atoms with Crippen LogP contribution in [-0.4, -0.2) is 29.6 Å². The third-order valence-corrected chi connectivity index (χ3v) is 3.20. The maximum atomic E-state index is 8.86. The summed E-state index contributed by atoms with van der Waals surface area (Å²) in [4.78, 5) is 2.33. The predicted octanol–water partition coefficient (Wildman–Crippen LogP) is 1.75. The number of furan rings is 1. The fraction of sp³-hybridized carbons (Fsp3) is 0.615. The lowest BCUT2D eigenvalue weighted by molar-refractivity contribution is 0.0836. The lowest BCUT2D eigenvalue weighted by Gasteiger charge is -2.43. The van der Waals surface area contributed by atoms with Gasteiger partial charge in [-0.1, -0.05) is 0 Å². The van der Waals surface area contributed by atoms with E-state index in [1.54, 1.807) is 6.26 Å². The SMILES string of the molecule is CC1(C)CN(Cc2ccco2)C(CC#N)CN1. The maximum absolute atomic E-state index is 8.86. The first-order valence-electron chi connectivity index (χ1n) is 5.99. The first-order chi connectivity index (χ1) is 8.11. The molecule has 1 unspecified atom stereocenters. The van der Waals surface area contributed by atoms with Crippen LogP contribution in [0.5, 0.6) is 0 Å².